The van der Waals surface area contributed by atoms with Gasteiger partial charge in [-0.25, -0.2) is 14.8 Å². The van der Waals surface area contributed by atoms with Crippen molar-refractivity contribution < 1.29 is 28.7 Å². The van der Waals surface area contributed by atoms with Gasteiger partial charge >= 0.3 is 12.1 Å². The minimum Gasteiger partial charge on any atom is -0.469 e. The van der Waals surface area contributed by atoms with Crippen LogP contribution in [0.3, 0.4) is 0 Å². The molecule has 15 heteroatoms. The number of alkyl halides is 1. The van der Waals surface area contributed by atoms with E-state index in [4.69, 9.17) is 26.1 Å². The summed E-state index contributed by atoms with van der Waals surface area (Å²) in [5.41, 5.74) is 5.11. The molecule has 2 unspecified atom stereocenters. The summed E-state index contributed by atoms with van der Waals surface area (Å²) in [6.07, 6.45) is 10.3. The summed E-state index contributed by atoms with van der Waals surface area (Å²) in [6.45, 7) is 10.6. The van der Waals surface area contributed by atoms with Gasteiger partial charge in [0.2, 0.25) is 0 Å². The average Bonchev–Trinajstić information content (AvgIpc) is 3.70. The van der Waals surface area contributed by atoms with E-state index in [1.54, 1.807) is 9.47 Å². The number of hydrogen-bond acceptors (Lipinski definition) is 9. The Kier molecular flexibility index (Phi) is 11.6. The highest BCUT2D eigenvalue weighted by molar-refractivity contribution is 6.31. The number of rotatable bonds is 8. The van der Waals surface area contributed by atoms with Crippen LogP contribution in [0.5, 0.6) is 0 Å². The number of hydrogen-bond donors (Lipinski definition) is 2. The number of carbonyl (C=O) groups excluding carboxylic acids is 4. The Hall–Kier alpha value is -4.95. The molecule has 1 fully saturated rings. The molecule has 3 amide bonds. The number of halogens is 1. The summed E-state index contributed by atoms with van der Waals surface area (Å²) in [5, 5.41) is 6.13. The van der Waals surface area contributed by atoms with E-state index >= 15 is 0 Å². The van der Waals surface area contributed by atoms with Crippen molar-refractivity contribution in [3.8, 4) is 0 Å². The quantitative estimate of drug-likeness (QED) is 0.213. The summed E-state index contributed by atoms with van der Waals surface area (Å²) < 4.78 is 14.2. The van der Waals surface area contributed by atoms with Crippen molar-refractivity contribution in [3.63, 3.8) is 0 Å². The molecule has 4 heterocycles. The van der Waals surface area contributed by atoms with Crippen LogP contribution < -0.4 is 10.6 Å². The second kappa shape index (κ2) is 16.4. The molecule has 310 valence electrons. The molecule has 7 rings (SSSR count). The second-order valence-electron chi connectivity index (χ2n) is 17.2. The van der Waals surface area contributed by atoms with Gasteiger partial charge < -0.3 is 34.1 Å². The number of nitrogens with zero attached hydrogens (tertiary/aromatic N) is 6. The number of nitrogens with one attached hydrogen (secondary N) is 2. The predicted octanol–water partition coefficient (Wildman–Crippen LogP) is 5.79. The number of ether oxygens (including phenoxy) is 2. The third-order valence-electron chi connectivity index (χ3n) is 11.9. The van der Waals surface area contributed by atoms with Crippen molar-refractivity contribution in [1.29, 1.82) is 0 Å². The molecule has 14 nitrogen and oxygen atoms in total. The van der Waals surface area contributed by atoms with Gasteiger partial charge in [0.15, 0.2) is 11.6 Å². The fourth-order valence-corrected chi connectivity index (χ4v) is 9.06. The molecule has 58 heavy (non-hydrogen) atoms. The van der Waals surface area contributed by atoms with E-state index in [-0.39, 0.29) is 36.1 Å². The summed E-state index contributed by atoms with van der Waals surface area (Å²) >= 11 is 7.31. The molecule has 0 saturated heterocycles. The molecular formula is C43H55ClN8O6. The lowest BCUT2D eigenvalue weighted by molar-refractivity contribution is -0.146. The number of imidazole rings is 2. The van der Waals surface area contributed by atoms with E-state index in [1.165, 1.54) is 7.11 Å². The number of anilines is 1. The summed E-state index contributed by atoms with van der Waals surface area (Å²) in [7, 11) is 5.16. The van der Waals surface area contributed by atoms with E-state index in [1.807, 2.05) is 88.9 Å². The Morgan fingerprint density at radius 3 is 2.26 bits per heavy atom. The first-order valence-corrected chi connectivity index (χ1v) is 20.6. The molecule has 2 aromatic heterocycles. The van der Waals surface area contributed by atoms with E-state index in [0.29, 0.717) is 42.6 Å². The Labute approximate surface area is 345 Å². The average molecular weight is 815 g/mol. The number of amides is 3. The van der Waals surface area contributed by atoms with Crippen LogP contribution in [0.25, 0.3) is 5.57 Å². The molecule has 2 aliphatic heterocycles. The van der Waals surface area contributed by atoms with Crippen LogP contribution in [-0.2, 0) is 54.3 Å². The molecule has 4 aliphatic rings. The number of benzene rings is 1. The zero-order valence-electron chi connectivity index (χ0n) is 34.6. The summed E-state index contributed by atoms with van der Waals surface area (Å²) in [5.74, 6) is 0.357. The highest BCUT2D eigenvalue weighted by Gasteiger charge is 2.39. The van der Waals surface area contributed by atoms with E-state index in [0.717, 1.165) is 73.4 Å². The molecule has 3 aromatic rings. The van der Waals surface area contributed by atoms with Crippen LogP contribution in [0.2, 0.25) is 0 Å². The third kappa shape index (κ3) is 8.58. The van der Waals surface area contributed by atoms with Gasteiger partial charge in [0.25, 0.3) is 11.8 Å². The number of carbonyl (C=O) groups is 4. The molecule has 1 saturated carbocycles. The molecule has 0 spiro atoms. The maximum atomic E-state index is 13.8. The molecule has 2 N–H and O–H groups in total. The third-order valence-corrected chi connectivity index (χ3v) is 12.4. The zero-order valence-corrected chi connectivity index (χ0v) is 35.3. The van der Waals surface area contributed by atoms with Crippen LogP contribution >= 0.6 is 11.6 Å². The summed E-state index contributed by atoms with van der Waals surface area (Å²) in [4.78, 5) is 64.6. The van der Waals surface area contributed by atoms with Crippen LogP contribution in [0.1, 0.15) is 103 Å². The maximum Gasteiger partial charge on any atom is 0.410 e. The van der Waals surface area contributed by atoms with E-state index < -0.39 is 22.6 Å². The van der Waals surface area contributed by atoms with Crippen LogP contribution in [0.15, 0.2) is 42.5 Å². The van der Waals surface area contributed by atoms with Gasteiger partial charge in [0.1, 0.15) is 5.60 Å². The fourth-order valence-electron chi connectivity index (χ4n) is 8.76. The Balaban J connectivity index is 0.980. The lowest BCUT2D eigenvalue weighted by Gasteiger charge is -2.35. The topological polar surface area (TPSA) is 153 Å². The Morgan fingerprint density at radius 2 is 1.59 bits per heavy atom. The van der Waals surface area contributed by atoms with Crippen LogP contribution in [0, 0.1) is 11.8 Å². The Morgan fingerprint density at radius 1 is 0.931 bits per heavy atom. The lowest BCUT2D eigenvalue weighted by atomic mass is 9.81. The number of methoxy groups -OCH3 is 1. The first-order chi connectivity index (χ1) is 27.5. The first kappa shape index (κ1) is 41.2. The number of allylic oxidation sites excluding steroid dienone is 2. The largest absolute Gasteiger partial charge is 0.469 e. The van der Waals surface area contributed by atoms with Crippen LogP contribution in [0.4, 0.5) is 10.5 Å². The van der Waals surface area contributed by atoms with Crippen molar-refractivity contribution in [1.82, 2.24) is 34.2 Å². The zero-order chi connectivity index (χ0) is 41.5. The van der Waals surface area contributed by atoms with E-state index in [2.05, 4.69) is 20.5 Å². The highest BCUT2D eigenvalue weighted by Crippen LogP contribution is 2.40. The first-order valence-electron chi connectivity index (χ1n) is 20.2. The standard InChI is InChI=1S/C43H55ClN8O6/c1-42(2,3)58-41(56)52-21-19-34-32(25-52)47-37(50(34)6)39(54)48-35-13-9-12-30(43(35,4)44)28-10-8-11-29(22-28)45-38(53)36-46-31-24-51(20-18-33(31)49(36)5)23-26-14-16-27(17-15-26)40(55)57-7/h8-13,22,26-27,35H,14-21,23-25H2,1-7H3,(H,45,53)(H,48,54)/t26-,27+,35?,43?. The monoisotopic (exact) mass is 814 g/mol. The number of fused-ring (bicyclic) bond motifs is 2. The molecule has 2 aliphatic carbocycles. The Bertz CT molecular complexity index is 2150. The van der Waals surface area contributed by atoms with Gasteiger partial charge in [-0.3, -0.25) is 19.3 Å². The summed E-state index contributed by atoms with van der Waals surface area (Å²) in [6, 6.07) is 6.92. The number of aromatic nitrogens is 4. The van der Waals surface area contributed by atoms with Gasteiger partial charge in [-0.15, -0.1) is 11.6 Å². The maximum absolute atomic E-state index is 13.8. The molecule has 0 radical (unpaired) electrons. The van der Waals surface area contributed by atoms with Crippen molar-refractivity contribution in [2.45, 2.75) is 95.8 Å². The minimum atomic E-state index is -1.05. The van der Waals surface area contributed by atoms with Gasteiger partial charge in [-0.05, 0) is 82.6 Å². The fraction of sp³-hybridized carbons (Fsp3) is 0.535. The highest BCUT2D eigenvalue weighted by atomic mass is 35.5. The van der Waals surface area contributed by atoms with Gasteiger partial charge in [-0.1, -0.05) is 30.4 Å². The van der Waals surface area contributed by atoms with Crippen molar-refractivity contribution >= 4 is 46.7 Å². The molecule has 2 atom stereocenters. The lowest BCUT2D eigenvalue weighted by Crippen LogP contribution is -2.48. The van der Waals surface area contributed by atoms with Gasteiger partial charge in [0.05, 0.1) is 41.9 Å². The molecule has 0 bridgehead atoms. The second-order valence-corrected chi connectivity index (χ2v) is 18.0. The van der Waals surface area contributed by atoms with Gasteiger partial charge in [-0.2, -0.15) is 0 Å². The van der Waals surface area contributed by atoms with Crippen molar-refractivity contribution in [3.05, 3.63) is 82.5 Å². The van der Waals surface area contributed by atoms with Crippen molar-refractivity contribution in [2.75, 3.05) is 32.1 Å². The van der Waals surface area contributed by atoms with E-state index in [9.17, 15) is 19.2 Å². The smallest absolute Gasteiger partial charge is 0.410 e. The number of esters is 1. The molecular weight excluding hydrogens is 760 g/mol. The van der Waals surface area contributed by atoms with Crippen molar-refractivity contribution in [2.24, 2.45) is 25.9 Å². The SMILES string of the molecule is COC(=O)[C@H]1CC[C@@H](CN2CCc3c(nc(C(=O)Nc4cccc(C5=CC=CC(NC(=O)c6nc7c(n6C)CCN(C(=O)OC(C)(C)C)C7)C5(C)Cl)c4)n3C)C2)CC1. The normalized spacial score (nSPS) is 23.3. The van der Waals surface area contributed by atoms with Gasteiger partial charge in [0, 0.05) is 70.2 Å². The molecule has 1 aromatic carbocycles. The minimum absolute atomic E-state index is 0.0133. The predicted molar refractivity (Wildman–Crippen MR) is 220 cm³/mol. The van der Waals surface area contributed by atoms with Crippen LogP contribution in [-0.4, -0.2) is 96.0 Å².